The Morgan fingerprint density at radius 2 is 1.36 bits per heavy atom. The van der Waals surface area contributed by atoms with E-state index in [1.165, 1.54) is 6.92 Å². The smallest absolute Gasteiger partial charge is 0.307 e. The highest BCUT2D eigenvalue weighted by Gasteiger charge is 2.09. The summed E-state index contributed by atoms with van der Waals surface area (Å²) in [5, 5.41) is 0. The molecule has 0 radical (unpaired) electrons. The highest BCUT2D eigenvalue weighted by molar-refractivity contribution is 5.69. The SMILES string of the molecule is COCCN(CCOC)CCC(=O)OCCCCOC(C)=O. The molecule has 0 aromatic carbocycles. The average Bonchev–Trinajstić information content (AvgIpc) is 2.49. The van der Waals surface area contributed by atoms with Crippen LogP contribution in [0.15, 0.2) is 0 Å². The molecule has 0 bridgehead atoms. The first-order valence-electron chi connectivity index (χ1n) is 7.59. The van der Waals surface area contributed by atoms with Gasteiger partial charge in [0.15, 0.2) is 0 Å². The second-order valence-corrected chi connectivity index (χ2v) is 4.84. The number of unbranched alkanes of at least 4 members (excludes halogenated alkanes) is 1. The van der Waals surface area contributed by atoms with Crippen LogP contribution in [0.2, 0.25) is 0 Å². The molecule has 0 heterocycles. The first kappa shape index (κ1) is 20.8. The van der Waals surface area contributed by atoms with Gasteiger partial charge in [-0.3, -0.25) is 14.5 Å². The molecule has 0 aliphatic carbocycles. The molecular weight excluding hydrogens is 290 g/mol. The minimum Gasteiger partial charge on any atom is -0.466 e. The largest absolute Gasteiger partial charge is 0.466 e. The summed E-state index contributed by atoms with van der Waals surface area (Å²) in [4.78, 5) is 24.3. The second-order valence-electron chi connectivity index (χ2n) is 4.84. The van der Waals surface area contributed by atoms with Gasteiger partial charge >= 0.3 is 11.9 Å². The van der Waals surface area contributed by atoms with E-state index in [1.807, 2.05) is 0 Å². The minimum absolute atomic E-state index is 0.215. The number of carbonyl (C=O) groups excluding carboxylic acids is 2. The van der Waals surface area contributed by atoms with Crippen molar-refractivity contribution < 1.29 is 28.5 Å². The van der Waals surface area contributed by atoms with Crippen molar-refractivity contribution in [2.24, 2.45) is 0 Å². The van der Waals surface area contributed by atoms with Crippen molar-refractivity contribution in [3.8, 4) is 0 Å². The van der Waals surface area contributed by atoms with Crippen LogP contribution in [0.25, 0.3) is 0 Å². The Hall–Kier alpha value is -1.18. The molecule has 0 aromatic rings. The van der Waals surface area contributed by atoms with Gasteiger partial charge in [0, 0.05) is 40.8 Å². The van der Waals surface area contributed by atoms with Crippen LogP contribution in [0.3, 0.4) is 0 Å². The molecule has 0 rings (SSSR count). The lowest BCUT2D eigenvalue weighted by molar-refractivity contribution is -0.145. The highest BCUT2D eigenvalue weighted by atomic mass is 16.5. The zero-order valence-electron chi connectivity index (χ0n) is 14.0. The van der Waals surface area contributed by atoms with E-state index < -0.39 is 0 Å². The third-order valence-corrected chi connectivity index (χ3v) is 2.96. The summed E-state index contributed by atoms with van der Waals surface area (Å²) in [6.45, 7) is 5.48. The predicted molar refractivity (Wildman–Crippen MR) is 81.6 cm³/mol. The van der Waals surface area contributed by atoms with Crippen LogP contribution in [0.5, 0.6) is 0 Å². The fourth-order valence-electron chi connectivity index (χ4n) is 1.70. The van der Waals surface area contributed by atoms with Crippen molar-refractivity contribution in [3.05, 3.63) is 0 Å². The third kappa shape index (κ3) is 13.8. The number of hydrogen-bond acceptors (Lipinski definition) is 7. The molecular formula is C15H29NO6. The molecule has 0 saturated carbocycles. The van der Waals surface area contributed by atoms with Gasteiger partial charge < -0.3 is 18.9 Å². The van der Waals surface area contributed by atoms with Crippen LogP contribution in [0.4, 0.5) is 0 Å². The van der Waals surface area contributed by atoms with Gasteiger partial charge in [0.2, 0.25) is 0 Å². The van der Waals surface area contributed by atoms with Gasteiger partial charge in [-0.1, -0.05) is 0 Å². The summed E-state index contributed by atoms with van der Waals surface area (Å²) < 4.78 is 20.0. The zero-order chi connectivity index (χ0) is 16.6. The Labute approximate surface area is 132 Å². The van der Waals surface area contributed by atoms with Gasteiger partial charge in [-0.15, -0.1) is 0 Å². The van der Waals surface area contributed by atoms with E-state index in [2.05, 4.69) is 4.90 Å². The third-order valence-electron chi connectivity index (χ3n) is 2.96. The highest BCUT2D eigenvalue weighted by Crippen LogP contribution is 1.97. The first-order valence-corrected chi connectivity index (χ1v) is 7.59. The van der Waals surface area contributed by atoms with Crippen molar-refractivity contribution in [2.75, 3.05) is 60.3 Å². The predicted octanol–water partition coefficient (Wildman–Crippen LogP) is 0.858. The van der Waals surface area contributed by atoms with Crippen molar-refractivity contribution in [3.63, 3.8) is 0 Å². The van der Waals surface area contributed by atoms with Crippen LogP contribution in [-0.2, 0) is 28.5 Å². The molecule has 0 aliphatic rings. The number of nitrogens with zero attached hydrogens (tertiary/aromatic N) is 1. The van der Waals surface area contributed by atoms with Crippen LogP contribution in [0, 0.1) is 0 Å². The Balaban J connectivity index is 3.67. The number of rotatable bonds is 14. The van der Waals surface area contributed by atoms with Gasteiger partial charge in [-0.25, -0.2) is 0 Å². The minimum atomic E-state index is -0.288. The molecule has 0 atom stereocenters. The number of carbonyl (C=O) groups is 2. The normalized spacial score (nSPS) is 10.7. The fourth-order valence-corrected chi connectivity index (χ4v) is 1.70. The molecule has 7 nitrogen and oxygen atoms in total. The van der Waals surface area contributed by atoms with Gasteiger partial charge in [-0.05, 0) is 12.8 Å². The van der Waals surface area contributed by atoms with E-state index in [1.54, 1.807) is 14.2 Å². The number of hydrogen-bond donors (Lipinski definition) is 0. The summed E-state index contributed by atoms with van der Waals surface area (Å²) in [6.07, 6.45) is 1.73. The maximum Gasteiger partial charge on any atom is 0.307 e. The maximum atomic E-state index is 11.6. The average molecular weight is 319 g/mol. The van der Waals surface area contributed by atoms with Crippen LogP contribution in [0.1, 0.15) is 26.2 Å². The van der Waals surface area contributed by atoms with E-state index >= 15 is 0 Å². The van der Waals surface area contributed by atoms with Gasteiger partial charge in [-0.2, -0.15) is 0 Å². The number of esters is 2. The standard InChI is InChI=1S/C15H29NO6/c1-14(17)21-10-4-5-11-22-15(18)6-7-16(8-12-19-2)9-13-20-3/h4-13H2,1-3H3. The summed E-state index contributed by atoms with van der Waals surface area (Å²) in [7, 11) is 3.30. The van der Waals surface area contributed by atoms with Crippen LogP contribution < -0.4 is 0 Å². The lowest BCUT2D eigenvalue weighted by Gasteiger charge is -2.20. The van der Waals surface area contributed by atoms with E-state index in [9.17, 15) is 9.59 Å². The van der Waals surface area contributed by atoms with Crippen LogP contribution in [-0.4, -0.2) is 77.1 Å². The Morgan fingerprint density at radius 1 is 0.818 bits per heavy atom. The Kier molecular flexibility index (Phi) is 14.0. The molecule has 7 heteroatoms. The Morgan fingerprint density at radius 3 is 1.86 bits per heavy atom. The maximum absolute atomic E-state index is 11.6. The monoisotopic (exact) mass is 319 g/mol. The molecule has 130 valence electrons. The van der Waals surface area contributed by atoms with E-state index in [-0.39, 0.29) is 11.9 Å². The number of ether oxygens (including phenoxy) is 4. The molecule has 0 saturated heterocycles. The number of methoxy groups -OCH3 is 2. The lowest BCUT2D eigenvalue weighted by atomic mass is 10.3. The molecule has 22 heavy (non-hydrogen) atoms. The molecule has 0 aliphatic heterocycles. The van der Waals surface area contributed by atoms with Gasteiger partial charge in [0.05, 0.1) is 32.8 Å². The van der Waals surface area contributed by atoms with Gasteiger partial charge in [0.1, 0.15) is 0 Å². The summed E-state index contributed by atoms with van der Waals surface area (Å²) in [5.74, 6) is -0.503. The second kappa shape index (κ2) is 14.7. The summed E-state index contributed by atoms with van der Waals surface area (Å²) in [5.41, 5.74) is 0. The molecule has 0 unspecified atom stereocenters. The zero-order valence-corrected chi connectivity index (χ0v) is 14.0. The molecule has 0 spiro atoms. The molecule has 0 amide bonds. The van der Waals surface area contributed by atoms with E-state index in [0.717, 1.165) is 13.1 Å². The van der Waals surface area contributed by atoms with Crippen LogP contribution >= 0.6 is 0 Å². The Bertz CT molecular complexity index is 290. The van der Waals surface area contributed by atoms with Gasteiger partial charge in [0.25, 0.3) is 0 Å². The molecule has 0 aromatic heterocycles. The first-order chi connectivity index (χ1) is 10.6. The van der Waals surface area contributed by atoms with E-state index in [4.69, 9.17) is 18.9 Å². The summed E-state index contributed by atoms with van der Waals surface area (Å²) >= 11 is 0. The van der Waals surface area contributed by atoms with Crippen molar-refractivity contribution in [2.45, 2.75) is 26.2 Å². The lowest BCUT2D eigenvalue weighted by Crippen LogP contribution is -2.33. The molecule has 0 fully saturated rings. The quantitative estimate of drug-likeness (QED) is 0.347. The van der Waals surface area contributed by atoms with Crippen molar-refractivity contribution in [1.29, 1.82) is 0 Å². The molecule has 0 N–H and O–H groups in total. The summed E-state index contributed by atoms with van der Waals surface area (Å²) in [6, 6.07) is 0. The fraction of sp³-hybridized carbons (Fsp3) is 0.867. The van der Waals surface area contributed by atoms with Crippen molar-refractivity contribution in [1.82, 2.24) is 4.90 Å². The topological polar surface area (TPSA) is 74.3 Å². The van der Waals surface area contributed by atoms with E-state index in [0.29, 0.717) is 52.2 Å². The van der Waals surface area contributed by atoms with Crippen molar-refractivity contribution >= 4 is 11.9 Å².